The van der Waals surface area contributed by atoms with E-state index >= 15 is 0 Å². The Kier molecular flexibility index (Phi) is 3.64. The van der Waals surface area contributed by atoms with Gasteiger partial charge in [0, 0.05) is 0 Å². The first-order chi connectivity index (χ1) is 7.70. The lowest BCUT2D eigenvalue weighted by atomic mass is 9.78. The van der Waals surface area contributed by atoms with E-state index in [4.69, 9.17) is 4.65 Å². The average Bonchev–Trinajstić information content (AvgIpc) is 2.30. The van der Waals surface area contributed by atoms with Gasteiger partial charge in [-0.25, -0.2) is 0 Å². The summed E-state index contributed by atoms with van der Waals surface area (Å²) < 4.78 is 5.38. The first-order valence-electron chi connectivity index (χ1n) is 5.83. The molecule has 3 nitrogen and oxygen atoms in total. The molecule has 4 heteroatoms. The van der Waals surface area contributed by atoms with Crippen LogP contribution >= 0.6 is 0 Å². The van der Waals surface area contributed by atoms with Gasteiger partial charge in [0.1, 0.15) is 0 Å². The van der Waals surface area contributed by atoms with Gasteiger partial charge in [-0.1, -0.05) is 36.8 Å². The van der Waals surface area contributed by atoms with E-state index in [2.05, 4.69) is 0 Å². The largest absolute Gasteiger partial charge is 0.493 e. The van der Waals surface area contributed by atoms with Gasteiger partial charge in [0.15, 0.2) is 5.79 Å². The minimum absolute atomic E-state index is 0.608. The molecule has 0 spiro atoms. The highest BCUT2D eigenvalue weighted by Crippen LogP contribution is 2.29. The van der Waals surface area contributed by atoms with Crippen LogP contribution in [0.2, 0.25) is 0 Å². The zero-order valence-electron chi connectivity index (χ0n) is 9.30. The molecular formula is C12H17BO3. The zero-order chi connectivity index (χ0) is 11.4. The second-order valence-corrected chi connectivity index (χ2v) is 4.39. The topological polar surface area (TPSA) is 49.7 Å². The van der Waals surface area contributed by atoms with E-state index in [0.29, 0.717) is 18.3 Å². The first kappa shape index (κ1) is 11.6. The fraction of sp³-hybridized carbons (Fsp3) is 0.500. The lowest BCUT2D eigenvalue weighted by molar-refractivity contribution is -0.167. The van der Waals surface area contributed by atoms with Crippen LogP contribution in [0.1, 0.15) is 32.1 Å². The average molecular weight is 220 g/mol. The second kappa shape index (κ2) is 5.00. The van der Waals surface area contributed by atoms with Gasteiger partial charge in [0.2, 0.25) is 0 Å². The maximum atomic E-state index is 10.1. The van der Waals surface area contributed by atoms with E-state index in [1.165, 1.54) is 0 Å². The van der Waals surface area contributed by atoms with Crippen molar-refractivity contribution in [1.29, 1.82) is 0 Å². The molecular weight excluding hydrogens is 203 g/mol. The van der Waals surface area contributed by atoms with Crippen LogP contribution in [0.25, 0.3) is 0 Å². The number of rotatable bonds is 3. The fourth-order valence-electron chi connectivity index (χ4n) is 2.12. The quantitative estimate of drug-likeness (QED) is 0.591. The Bertz CT molecular complexity index is 322. The van der Waals surface area contributed by atoms with Crippen molar-refractivity contribution in [1.82, 2.24) is 0 Å². The van der Waals surface area contributed by atoms with Crippen LogP contribution in [0.5, 0.6) is 0 Å². The molecule has 1 aromatic rings. The van der Waals surface area contributed by atoms with Gasteiger partial charge in [0.05, 0.1) is 0 Å². The van der Waals surface area contributed by atoms with Crippen LogP contribution in [0.3, 0.4) is 0 Å². The highest BCUT2D eigenvalue weighted by molar-refractivity contribution is 6.60. The van der Waals surface area contributed by atoms with E-state index in [-0.39, 0.29) is 0 Å². The van der Waals surface area contributed by atoms with Crippen molar-refractivity contribution in [2.45, 2.75) is 37.9 Å². The van der Waals surface area contributed by atoms with Gasteiger partial charge in [0.25, 0.3) is 0 Å². The van der Waals surface area contributed by atoms with Crippen molar-refractivity contribution in [3.63, 3.8) is 0 Å². The molecule has 0 aliphatic heterocycles. The molecule has 0 saturated heterocycles. The number of hydrogen-bond donors (Lipinski definition) is 2. The summed E-state index contributed by atoms with van der Waals surface area (Å²) in [7, 11) is -1.04. The van der Waals surface area contributed by atoms with Crippen molar-refractivity contribution < 1.29 is 14.8 Å². The molecule has 16 heavy (non-hydrogen) atoms. The van der Waals surface area contributed by atoms with Crippen molar-refractivity contribution in [2.75, 3.05) is 0 Å². The molecule has 0 atom stereocenters. The van der Waals surface area contributed by atoms with Gasteiger partial charge in [-0.3, -0.25) is 0 Å². The van der Waals surface area contributed by atoms with E-state index in [9.17, 15) is 10.1 Å². The Morgan fingerprint density at radius 2 is 1.69 bits per heavy atom. The van der Waals surface area contributed by atoms with Crippen molar-refractivity contribution in [3.05, 3.63) is 30.3 Å². The Morgan fingerprint density at radius 3 is 2.31 bits per heavy atom. The standard InChI is InChI=1S/C12H17BO3/c14-12(9-5-2-6-10-12)16-13(15)11-7-3-1-4-8-11/h1,3-4,7-8,14-15H,2,5-6,9-10H2. The van der Waals surface area contributed by atoms with Crippen LogP contribution in [0, 0.1) is 0 Å². The summed E-state index contributed by atoms with van der Waals surface area (Å²) in [4.78, 5) is 0. The monoisotopic (exact) mass is 220 g/mol. The summed E-state index contributed by atoms with van der Waals surface area (Å²) in [6.07, 6.45) is 4.26. The maximum Gasteiger partial charge on any atom is 0.493 e. The molecule has 0 heterocycles. The van der Waals surface area contributed by atoms with Crippen molar-refractivity contribution in [3.8, 4) is 0 Å². The molecule has 86 valence electrons. The minimum atomic E-state index is -1.15. The van der Waals surface area contributed by atoms with Crippen LogP contribution in [-0.2, 0) is 4.65 Å². The fourth-order valence-corrected chi connectivity index (χ4v) is 2.12. The molecule has 0 amide bonds. The Balaban J connectivity index is 1.98. The van der Waals surface area contributed by atoms with E-state index in [1.807, 2.05) is 18.2 Å². The summed E-state index contributed by atoms with van der Waals surface area (Å²) in [5.74, 6) is -1.15. The lowest BCUT2D eigenvalue weighted by Crippen LogP contribution is -2.45. The highest BCUT2D eigenvalue weighted by atomic mass is 16.6. The molecule has 0 unspecified atom stereocenters. The first-order valence-corrected chi connectivity index (χ1v) is 5.83. The van der Waals surface area contributed by atoms with E-state index in [1.54, 1.807) is 12.1 Å². The van der Waals surface area contributed by atoms with Gasteiger partial charge >= 0.3 is 7.12 Å². The lowest BCUT2D eigenvalue weighted by Gasteiger charge is -2.33. The zero-order valence-corrected chi connectivity index (χ0v) is 9.30. The molecule has 2 N–H and O–H groups in total. The van der Waals surface area contributed by atoms with Crippen LogP contribution in [-0.4, -0.2) is 23.0 Å². The predicted octanol–water partition coefficient (Wildman–Crippen LogP) is 1.04. The molecule has 0 aromatic heterocycles. The van der Waals surface area contributed by atoms with Gasteiger partial charge < -0.3 is 14.8 Å². The highest BCUT2D eigenvalue weighted by Gasteiger charge is 2.34. The summed E-state index contributed by atoms with van der Waals surface area (Å²) in [6.45, 7) is 0. The molecule has 1 saturated carbocycles. The van der Waals surface area contributed by atoms with Crippen molar-refractivity contribution >= 4 is 12.6 Å². The molecule has 1 fully saturated rings. The molecule has 1 aliphatic rings. The Labute approximate surface area is 96.2 Å². The smallest absolute Gasteiger partial charge is 0.423 e. The molecule has 0 bridgehead atoms. The van der Waals surface area contributed by atoms with Gasteiger partial charge in [-0.05, 0) is 31.1 Å². The predicted molar refractivity (Wildman–Crippen MR) is 63.2 cm³/mol. The SMILES string of the molecule is OB(OC1(O)CCCCC1)c1ccccc1. The summed E-state index contributed by atoms with van der Waals surface area (Å²) >= 11 is 0. The minimum Gasteiger partial charge on any atom is -0.423 e. The van der Waals surface area contributed by atoms with Crippen LogP contribution in [0.4, 0.5) is 0 Å². The number of hydrogen-bond acceptors (Lipinski definition) is 3. The third-order valence-corrected chi connectivity index (χ3v) is 3.05. The molecule has 0 radical (unpaired) electrons. The third-order valence-electron chi connectivity index (χ3n) is 3.05. The van der Waals surface area contributed by atoms with Crippen LogP contribution in [0.15, 0.2) is 30.3 Å². The Hall–Kier alpha value is -0.835. The van der Waals surface area contributed by atoms with E-state index < -0.39 is 12.9 Å². The number of benzene rings is 1. The number of aliphatic hydroxyl groups is 1. The Morgan fingerprint density at radius 1 is 1.06 bits per heavy atom. The van der Waals surface area contributed by atoms with Gasteiger partial charge in [-0.15, -0.1) is 0 Å². The van der Waals surface area contributed by atoms with E-state index in [0.717, 1.165) is 19.3 Å². The molecule has 1 aromatic carbocycles. The normalized spacial score (nSPS) is 19.4. The summed E-state index contributed by atoms with van der Waals surface area (Å²) in [6, 6.07) is 9.14. The third kappa shape index (κ3) is 2.85. The molecule has 1 aliphatic carbocycles. The summed E-state index contributed by atoms with van der Waals surface area (Å²) in [5, 5.41) is 20.0. The van der Waals surface area contributed by atoms with Crippen molar-refractivity contribution in [2.24, 2.45) is 0 Å². The molecule has 2 rings (SSSR count). The second-order valence-electron chi connectivity index (χ2n) is 4.39. The van der Waals surface area contributed by atoms with Crippen LogP contribution < -0.4 is 5.46 Å². The van der Waals surface area contributed by atoms with Gasteiger partial charge in [-0.2, -0.15) is 0 Å². The summed E-state index contributed by atoms with van der Waals surface area (Å²) in [5.41, 5.74) is 0.682. The maximum absolute atomic E-state index is 10.1.